The molecule has 0 aromatic heterocycles. The number of aliphatic hydroxyl groups excluding tert-OH is 1. The second kappa shape index (κ2) is 16.6. The van der Waals surface area contributed by atoms with Gasteiger partial charge >= 0.3 is 35.8 Å². The van der Waals surface area contributed by atoms with Gasteiger partial charge in [0.1, 0.15) is 35.6 Å². The SMILES string of the molecule is C=C1[C@H](OC(=O)C(C)C)[C@@H](O)[C@@H](OC(C)=O)C(C)(C)/C=C/[C@H](C)[C@H](OC(C)=O)[C@@]2(O)C[C@@](C)(OC(C)=O)[C@H](OC(=O)c3ccccc3)[C@@H]2[C@H]1OC(C)=O. The minimum atomic E-state index is -2.36. The van der Waals surface area contributed by atoms with Crippen LogP contribution in [0.2, 0.25) is 0 Å². The van der Waals surface area contributed by atoms with Crippen molar-refractivity contribution in [3.8, 4) is 0 Å². The summed E-state index contributed by atoms with van der Waals surface area (Å²) in [7, 11) is 0. The van der Waals surface area contributed by atoms with Crippen LogP contribution in [-0.4, -0.2) is 93.9 Å². The topological polar surface area (TPSA) is 198 Å². The molecule has 2 aliphatic rings. The first-order chi connectivity index (χ1) is 24.4. The summed E-state index contributed by atoms with van der Waals surface area (Å²) < 4.78 is 35.1. The van der Waals surface area contributed by atoms with Crippen molar-refractivity contribution in [1.82, 2.24) is 0 Å². The summed E-state index contributed by atoms with van der Waals surface area (Å²) in [5, 5.41) is 25.2. The largest absolute Gasteiger partial charge is 0.459 e. The summed E-state index contributed by atoms with van der Waals surface area (Å²) in [6, 6.07) is 7.80. The van der Waals surface area contributed by atoms with Gasteiger partial charge in [-0.25, -0.2) is 4.79 Å². The van der Waals surface area contributed by atoms with E-state index in [9.17, 15) is 39.0 Å². The van der Waals surface area contributed by atoms with E-state index in [2.05, 4.69) is 6.58 Å². The molecule has 0 heterocycles. The third-order valence-electron chi connectivity index (χ3n) is 9.56. The number of carbonyl (C=O) groups excluding carboxylic acids is 6. The molecule has 3 rings (SSSR count). The Bertz CT molecular complexity index is 1600. The number of esters is 6. The fourth-order valence-corrected chi connectivity index (χ4v) is 7.30. The van der Waals surface area contributed by atoms with Gasteiger partial charge in [-0.05, 0) is 19.1 Å². The summed E-state index contributed by atoms with van der Waals surface area (Å²) >= 11 is 0. The highest BCUT2D eigenvalue weighted by Crippen LogP contribution is 2.54. The molecular weight excluding hydrogens is 692 g/mol. The van der Waals surface area contributed by atoms with Crippen LogP contribution in [0.3, 0.4) is 0 Å². The molecule has 2 N–H and O–H groups in total. The van der Waals surface area contributed by atoms with E-state index in [4.69, 9.17) is 28.4 Å². The molecule has 10 atom stereocenters. The average Bonchev–Trinajstić information content (AvgIpc) is 3.26. The van der Waals surface area contributed by atoms with Crippen LogP contribution < -0.4 is 0 Å². The number of aliphatic hydroxyl groups is 2. The smallest absolute Gasteiger partial charge is 0.338 e. The zero-order valence-electron chi connectivity index (χ0n) is 31.9. The molecule has 1 saturated carbocycles. The monoisotopic (exact) mass is 744 g/mol. The molecule has 2 aliphatic carbocycles. The molecule has 0 unspecified atom stereocenters. The Morgan fingerprint density at radius 2 is 1.32 bits per heavy atom. The normalized spacial score (nSPS) is 33.2. The van der Waals surface area contributed by atoms with Gasteiger partial charge in [-0.2, -0.15) is 0 Å². The summed E-state index contributed by atoms with van der Waals surface area (Å²) in [4.78, 5) is 78.0. The van der Waals surface area contributed by atoms with Gasteiger partial charge in [-0.15, -0.1) is 0 Å². The molecule has 0 aliphatic heterocycles. The van der Waals surface area contributed by atoms with Crippen LogP contribution in [-0.2, 0) is 52.4 Å². The maximum atomic E-state index is 13.8. The summed E-state index contributed by atoms with van der Waals surface area (Å²) in [6.07, 6.45) is -7.41. The Hall–Kier alpha value is -4.56. The van der Waals surface area contributed by atoms with Crippen molar-refractivity contribution in [2.75, 3.05) is 0 Å². The molecule has 1 aromatic rings. The molecule has 1 fully saturated rings. The van der Waals surface area contributed by atoms with Gasteiger partial charge in [-0.3, -0.25) is 24.0 Å². The molecule has 0 amide bonds. The summed E-state index contributed by atoms with van der Waals surface area (Å²) in [6.45, 7) is 17.9. The van der Waals surface area contributed by atoms with Crippen molar-refractivity contribution in [2.45, 2.75) is 123 Å². The van der Waals surface area contributed by atoms with E-state index in [1.165, 1.54) is 32.9 Å². The highest BCUT2D eigenvalue weighted by molar-refractivity contribution is 5.89. The van der Waals surface area contributed by atoms with Crippen molar-refractivity contribution in [3.63, 3.8) is 0 Å². The van der Waals surface area contributed by atoms with Gasteiger partial charge in [0.15, 0.2) is 12.2 Å². The number of rotatable bonds is 8. The third kappa shape index (κ3) is 9.71. The molecule has 292 valence electrons. The van der Waals surface area contributed by atoms with Crippen LogP contribution in [0.4, 0.5) is 0 Å². The predicted octanol–water partition coefficient (Wildman–Crippen LogP) is 3.80. The van der Waals surface area contributed by atoms with Crippen LogP contribution in [0.15, 0.2) is 54.6 Å². The molecule has 53 heavy (non-hydrogen) atoms. The lowest BCUT2D eigenvalue weighted by Gasteiger charge is -2.45. The minimum Gasteiger partial charge on any atom is -0.459 e. The first-order valence-corrected chi connectivity index (χ1v) is 17.4. The van der Waals surface area contributed by atoms with Gasteiger partial charge in [0.25, 0.3) is 0 Å². The lowest BCUT2D eigenvalue weighted by Crippen LogP contribution is -2.59. The van der Waals surface area contributed by atoms with Crippen LogP contribution in [0.5, 0.6) is 0 Å². The Labute approximate surface area is 309 Å². The first kappa shape index (κ1) is 42.8. The Kier molecular flexibility index (Phi) is 13.4. The molecule has 0 saturated heterocycles. The van der Waals surface area contributed by atoms with Crippen molar-refractivity contribution < 1.29 is 67.4 Å². The zero-order valence-corrected chi connectivity index (χ0v) is 31.9. The molecule has 14 heteroatoms. The maximum Gasteiger partial charge on any atom is 0.338 e. The van der Waals surface area contributed by atoms with E-state index in [1.54, 1.807) is 51.1 Å². The summed E-state index contributed by atoms with van der Waals surface area (Å²) in [5.74, 6) is -8.37. The fourth-order valence-electron chi connectivity index (χ4n) is 7.30. The lowest BCUT2D eigenvalue weighted by molar-refractivity contribution is -0.194. The number of fused-ring (bicyclic) bond motifs is 1. The van der Waals surface area contributed by atoms with Crippen LogP contribution >= 0.6 is 0 Å². The van der Waals surface area contributed by atoms with Gasteiger partial charge in [0, 0.05) is 51.0 Å². The van der Waals surface area contributed by atoms with Crippen LogP contribution in [0.1, 0.15) is 86.0 Å². The Morgan fingerprint density at radius 1 is 0.774 bits per heavy atom. The molecular formula is C39H52O14. The maximum absolute atomic E-state index is 13.8. The number of hydrogen-bond donors (Lipinski definition) is 2. The molecule has 0 bridgehead atoms. The molecule has 0 radical (unpaired) electrons. The van der Waals surface area contributed by atoms with Crippen molar-refractivity contribution in [1.29, 1.82) is 0 Å². The second-order valence-corrected chi connectivity index (χ2v) is 15.0. The van der Waals surface area contributed by atoms with Crippen molar-refractivity contribution in [3.05, 3.63) is 60.2 Å². The van der Waals surface area contributed by atoms with E-state index in [-0.39, 0.29) is 11.1 Å². The first-order valence-electron chi connectivity index (χ1n) is 17.4. The second-order valence-electron chi connectivity index (χ2n) is 15.0. The van der Waals surface area contributed by atoms with Gasteiger partial charge in [0.05, 0.1) is 17.4 Å². The zero-order chi connectivity index (χ0) is 40.2. The van der Waals surface area contributed by atoms with E-state index < -0.39 is 113 Å². The van der Waals surface area contributed by atoms with E-state index >= 15 is 0 Å². The Morgan fingerprint density at radius 3 is 1.83 bits per heavy atom. The number of carbonyl (C=O) groups is 6. The van der Waals surface area contributed by atoms with Crippen molar-refractivity contribution >= 4 is 35.8 Å². The average molecular weight is 745 g/mol. The number of ether oxygens (including phenoxy) is 6. The number of benzene rings is 1. The van der Waals surface area contributed by atoms with Gasteiger partial charge < -0.3 is 38.6 Å². The third-order valence-corrected chi connectivity index (χ3v) is 9.56. The Balaban J connectivity index is 2.51. The quantitative estimate of drug-likeness (QED) is 0.221. The highest BCUT2D eigenvalue weighted by atomic mass is 16.6. The van der Waals surface area contributed by atoms with Gasteiger partial charge in [0.2, 0.25) is 0 Å². The van der Waals surface area contributed by atoms with Crippen molar-refractivity contribution in [2.24, 2.45) is 23.2 Å². The van der Waals surface area contributed by atoms with E-state index in [1.807, 2.05) is 0 Å². The fraction of sp³-hybridized carbons (Fsp3) is 0.590. The summed E-state index contributed by atoms with van der Waals surface area (Å²) in [5.41, 5.74) is -5.69. The van der Waals surface area contributed by atoms with Crippen LogP contribution in [0, 0.1) is 23.2 Å². The van der Waals surface area contributed by atoms with E-state index in [0.717, 1.165) is 27.7 Å². The molecule has 0 spiro atoms. The minimum absolute atomic E-state index is 0.0857. The van der Waals surface area contributed by atoms with Crippen LogP contribution in [0.25, 0.3) is 0 Å². The highest BCUT2D eigenvalue weighted by Gasteiger charge is 2.70. The standard InChI is InChI=1S/C39H52O14/c1-20(2)35(45)51-31-22(4)30(48-23(5)40)28-33(52-36(46)27-15-13-12-14-16-27)38(11,53-26(8)43)19-39(28,47)32(49-24(6)41)21(3)17-18-37(9,10)34(29(31)44)50-25(7)42/h12-18,20-21,28-34,44,47H,4,19H2,1-3,5-11H3/b18-17+/t21-,28-,29+,30-,31-,32-,33+,34+,38+,39+/m0/s1. The predicted molar refractivity (Wildman–Crippen MR) is 187 cm³/mol. The van der Waals surface area contributed by atoms with Gasteiger partial charge in [-0.1, -0.05) is 71.5 Å². The molecule has 1 aromatic carbocycles. The lowest BCUT2D eigenvalue weighted by atomic mass is 9.71. The van der Waals surface area contributed by atoms with E-state index in [0.29, 0.717) is 0 Å². The number of hydrogen-bond acceptors (Lipinski definition) is 14. The molecule has 14 nitrogen and oxygen atoms in total.